The second-order valence-corrected chi connectivity index (χ2v) is 23.1. The van der Waals surface area contributed by atoms with Crippen molar-refractivity contribution in [3.63, 3.8) is 0 Å². The summed E-state index contributed by atoms with van der Waals surface area (Å²) in [6.07, 6.45) is 6.16. The van der Waals surface area contributed by atoms with Crippen LogP contribution in [-0.2, 0) is 37.3 Å². The Hall–Kier alpha value is -8.44. The summed E-state index contributed by atoms with van der Waals surface area (Å²) < 4.78 is 8.93. The summed E-state index contributed by atoms with van der Waals surface area (Å²) in [5.41, 5.74) is 20.5. The summed E-state index contributed by atoms with van der Waals surface area (Å²) in [5, 5.41) is 2.20. The van der Waals surface area contributed by atoms with Crippen molar-refractivity contribution in [2.45, 2.75) is 64.7 Å². The Morgan fingerprint density at radius 2 is 1.05 bits per heavy atom. The van der Waals surface area contributed by atoms with E-state index >= 15 is 0 Å². The van der Waals surface area contributed by atoms with E-state index in [2.05, 4.69) is 281 Å². The Morgan fingerprint density at radius 1 is 0.494 bits per heavy atom. The Bertz CT molecular complexity index is 4090. The fourth-order valence-electron chi connectivity index (χ4n) is 12.2. The number of aromatic nitrogens is 2. The van der Waals surface area contributed by atoms with Crippen LogP contribution in [0.25, 0.3) is 61.0 Å². The molecule has 79 heavy (non-hydrogen) atoms. The van der Waals surface area contributed by atoms with Crippen LogP contribution >= 0.6 is 0 Å². The van der Waals surface area contributed by atoms with Crippen molar-refractivity contribution in [1.82, 2.24) is 9.55 Å². The maximum absolute atomic E-state index is 6.71. The van der Waals surface area contributed by atoms with Crippen LogP contribution in [-0.4, -0.2) is 9.55 Å². The van der Waals surface area contributed by atoms with Gasteiger partial charge < -0.3 is 24.0 Å². The normalized spacial score (nSPS) is 14.7. The number of fused-ring (bicyclic) bond motifs is 7. The molecular weight excluding hydrogens is 1150 g/mol. The van der Waals surface area contributed by atoms with E-state index in [1.54, 1.807) is 0 Å². The van der Waals surface area contributed by atoms with Crippen LogP contribution in [0.15, 0.2) is 219 Å². The molecule has 0 spiro atoms. The van der Waals surface area contributed by atoms with E-state index in [1.165, 1.54) is 72.7 Å². The van der Waals surface area contributed by atoms with Crippen LogP contribution in [0.1, 0.15) is 76.3 Å². The first-order valence-corrected chi connectivity index (χ1v) is 27.0. The van der Waals surface area contributed by atoms with Gasteiger partial charge in [0.25, 0.3) is 0 Å². The molecular formula is C72H58N5OPt-3. The first kappa shape index (κ1) is 50.1. The number of rotatable bonds is 8. The van der Waals surface area contributed by atoms with E-state index in [4.69, 9.17) is 9.72 Å². The third-order valence-electron chi connectivity index (χ3n) is 16.5. The second-order valence-electron chi connectivity index (χ2n) is 23.1. The molecule has 7 heteroatoms. The zero-order valence-electron chi connectivity index (χ0n) is 45.3. The molecule has 0 saturated carbocycles. The fraction of sp³-hybridized carbons (Fsp3) is 0.139. The Balaban J connectivity index is 0.00000591. The van der Waals surface area contributed by atoms with Gasteiger partial charge in [-0.25, -0.2) is 4.98 Å². The van der Waals surface area contributed by atoms with Crippen molar-refractivity contribution in [2.75, 3.05) is 14.7 Å². The number of benzene rings is 9. The number of ether oxygens (including phenoxy) is 1. The molecule has 0 bridgehead atoms. The molecule has 2 aromatic heterocycles. The van der Waals surface area contributed by atoms with E-state index in [9.17, 15) is 0 Å². The SMILES string of the molecule is CC(C)(C)c1ccnc(-n2c3[c-]c(Oc4[c-]c(N5C=CN(c6cc7c8c(c6)C(C)(C)c6cc(-c9ccccc9)ccc6N8c6ccc(-c8ccccc8)cc6C7(C)C)[CH-]5)ccc4)ccc3c3cc(-c4ccccc4)ccc32)c1.[Pt]. The average molecular weight is 1200 g/mol. The summed E-state index contributed by atoms with van der Waals surface area (Å²) in [4.78, 5) is 11.9. The molecule has 0 unspecified atom stereocenters. The van der Waals surface area contributed by atoms with Gasteiger partial charge in [0.1, 0.15) is 5.82 Å². The number of anilines is 5. The van der Waals surface area contributed by atoms with Gasteiger partial charge in [0.15, 0.2) is 0 Å². The summed E-state index contributed by atoms with van der Waals surface area (Å²) in [6.45, 7) is 18.4. The maximum Gasteiger partial charge on any atom is 0.135 e. The van der Waals surface area contributed by atoms with Crippen molar-refractivity contribution >= 4 is 50.2 Å². The molecule has 390 valence electrons. The second kappa shape index (κ2) is 18.9. The smallest absolute Gasteiger partial charge is 0.135 e. The van der Waals surface area contributed by atoms with E-state index in [-0.39, 0.29) is 37.3 Å². The van der Waals surface area contributed by atoms with Gasteiger partial charge in [-0.15, -0.1) is 48.1 Å². The van der Waals surface area contributed by atoms with Gasteiger partial charge in [0.2, 0.25) is 0 Å². The average Bonchev–Trinajstić information content (AvgIpc) is 4.24. The molecule has 9 aromatic carbocycles. The van der Waals surface area contributed by atoms with Crippen LogP contribution in [0.5, 0.6) is 11.5 Å². The topological polar surface area (TPSA) is 36.8 Å². The van der Waals surface area contributed by atoms with Crippen LogP contribution in [0.2, 0.25) is 0 Å². The van der Waals surface area contributed by atoms with Gasteiger partial charge in [-0.1, -0.05) is 169 Å². The summed E-state index contributed by atoms with van der Waals surface area (Å²) in [6, 6.07) is 79.5. The fourth-order valence-corrected chi connectivity index (χ4v) is 12.2. The summed E-state index contributed by atoms with van der Waals surface area (Å²) in [5.74, 6) is 2.03. The third-order valence-corrected chi connectivity index (χ3v) is 16.5. The largest absolute Gasteiger partial charge is 0.509 e. The van der Waals surface area contributed by atoms with Gasteiger partial charge in [0.05, 0.1) is 17.1 Å². The predicted octanol–water partition coefficient (Wildman–Crippen LogP) is 18.5. The van der Waals surface area contributed by atoms with Crippen molar-refractivity contribution in [2.24, 2.45) is 0 Å². The molecule has 3 aliphatic heterocycles. The summed E-state index contributed by atoms with van der Waals surface area (Å²) >= 11 is 0. The molecule has 5 heterocycles. The van der Waals surface area contributed by atoms with E-state index in [0.29, 0.717) is 11.5 Å². The van der Waals surface area contributed by atoms with Gasteiger partial charge in [0, 0.05) is 60.8 Å². The van der Waals surface area contributed by atoms with Crippen molar-refractivity contribution in [1.29, 1.82) is 0 Å². The van der Waals surface area contributed by atoms with Gasteiger partial charge in [-0.2, -0.15) is 12.1 Å². The van der Waals surface area contributed by atoms with Crippen LogP contribution in [0.4, 0.5) is 28.4 Å². The monoisotopic (exact) mass is 1200 g/mol. The molecule has 0 saturated heterocycles. The van der Waals surface area contributed by atoms with Crippen LogP contribution in [0.3, 0.4) is 0 Å². The van der Waals surface area contributed by atoms with Gasteiger partial charge in [-0.3, -0.25) is 0 Å². The Morgan fingerprint density at radius 3 is 1.65 bits per heavy atom. The zero-order chi connectivity index (χ0) is 53.1. The van der Waals surface area contributed by atoms with Crippen molar-refractivity contribution in [3.05, 3.63) is 265 Å². The minimum absolute atomic E-state index is 0. The molecule has 6 nitrogen and oxygen atoms in total. The quantitative estimate of drug-likeness (QED) is 0.142. The molecule has 0 aliphatic carbocycles. The number of pyridine rings is 1. The Kier molecular flexibility index (Phi) is 12.0. The van der Waals surface area contributed by atoms with Gasteiger partial charge >= 0.3 is 0 Å². The molecule has 11 aromatic rings. The zero-order valence-corrected chi connectivity index (χ0v) is 47.6. The number of hydrogen-bond donors (Lipinski definition) is 0. The molecule has 3 aliphatic rings. The molecule has 0 atom stereocenters. The minimum Gasteiger partial charge on any atom is -0.509 e. The third kappa shape index (κ3) is 8.39. The molecule has 0 fully saturated rings. The first-order valence-electron chi connectivity index (χ1n) is 27.0. The summed E-state index contributed by atoms with van der Waals surface area (Å²) in [7, 11) is 0. The Labute approximate surface area is 478 Å². The molecule has 14 rings (SSSR count). The van der Waals surface area contributed by atoms with Crippen LogP contribution < -0.4 is 19.4 Å². The van der Waals surface area contributed by atoms with E-state index in [1.807, 2.05) is 24.4 Å². The molecule has 0 radical (unpaired) electrons. The standard InChI is InChI=1S/C72H58N5O.Pt/c1-70(2,3)53-34-35-73-68(41-53)76-64-31-26-50(47-18-11-8-12-19-47)38-59(64)58-30-29-57(45-67(58)76)78-56-25-17-24-54(42-56)74-36-37-75(46-74)55-43-62-69-63(44-55)72(6,7)61-40-52(49-22-15-10-16-23-49)28-33-66(61)77(69)65-32-27-51(39-60(65)71(62,4)5)48-20-13-9-14-21-48;/h8-41,43-44,46H,1-7H3;/q-3;. The maximum atomic E-state index is 6.71. The van der Waals surface area contributed by atoms with Crippen molar-refractivity contribution < 1.29 is 25.8 Å². The minimum atomic E-state index is -0.330. The van der Waals surface area contributed by atoms with Crippen molar-refractivity contribution in [3.8, 4) is 50.7 Å². The predicted molar refractivity (Wildman–Crippen MR) is 322 cm³/mol. The molecule has 0 amide bonds. The van der Waals surface area contributed by atoms with E-state index < -0.39 is 0 Å². The number of nitrogens with zero attached hydrogens (tertiary/aromatic N) is 5. The van der Waals surface area contributed by atoms with E-state index in [0.717, 1.165) is 44.6 Å². The van der Waals surface area contributed by atoms with Crippen LogP contribution in [0, 0.1) is 18.8 Å². The number of hydrogen-bond acceptors (Lipinski definition) is 5. The first-order chi connectivity index (χ1) is 37.8. The molecule has 0 N–H and O–H groups in total. The van der Waals surface area contributed by atoms with Gasteiger partial charge in [-0.05, 0) is 139 Å².